The fourth-order valence-electron chi connectivity index (χ4n) is 3.60. The van der Waals surface area contributed by atoms with Gasteiger partial charge in [0.2, 0.25) is 0 Å². The van der Waals surface area contributed by atoms with Gasteiger partial charge >= 0.3 is 5.97 Å². The number of aryl methyl sites for hydroxylation is 1. The molecular weight excluding hydrogens is 416 g/mol. The van der Waals surface area contributed by atoms with E-state index in [2.05, 4.69) is 0 Å². The van der Waals surface area contributed by atoms with E-state index in [1.807, 2.05) is 26.0 Å². The molecule has 1 heterocycles. The van der Waals surface area contributed by atoms with Crippen LogP contribution in [-0.2, 0) is 19.6 Å². The molecule has 2 aromatic rings. The van der Waals surface area contributed by atoms with E-state index in [9.17, 15) is 18.0 Å². The Hall–Kier alpha value is -2.87. The van der Waals surface area contributed by atoms with Gasteiger partial charge < -0.3 is 9.64 Å². The summed E-state index contributed by atoms with van der Waals surface area (Å²) >= 11 is 0. The van der Waals surface area contributed by atoms with Crippen LogP contribution in [0.3, 0.4) is 0 Å². The van der Waals surface area contributed by atoms with Crippen LogP contribution in [0, 0.1) is 6.92 Å². The van der Waals surface area contributed by atoms with Crippen LogP contribution < -0.4 is 4.31 Å². The van der Waals surface area contributed by atoms with E-state index in [4.69, 9.17) is 4.74 Å². The van der Waals surface area contributed by atoms with Gasteiger partial charge in [0.1, 0.15) is 0 Å². The standard InChI is InChI=1S/C23H28N2O5S/c1-17-10-12-20(13-11-17)24(3)31(28,29)21-9-6-8-19(15-21)23(27)30-16-22(26)25-14-5-4-7-18(25)2/h6,8-13,15,18H,4-5,7,14,16H2,1-3H3. The topological polar surface area (TPSA) is 84.0 Å². The summed E-state index contributed by atoms with van der Waals surface area (Å²) in [5.41, 5.74) is 1.62. The van der Waals surface area contributed by atoms with Crippen LogP contribution in [0.5, 0.6) is 0 Å². The molecule has 0 aliphatic carbocycles. The molecule has 0 N–H and O–H groups in total. The first-order valence-corrected chi connectivity index (χ1v) is 11.8. The lowest BCUT2D eigenvalue weighted by molar-refractivity contribution is -0.137. The van der Waals surface area contributed by atoms with Gasteiger partial charge in [-0.1, -0.05) is 23.8 Å². The van der Waals surface area contributed by atoms with Crippen molar-refractivity contribution in [1.29, 1.82) is 0 Å². The van der Waals surface area contributed by atoms with Crippen LogP contribution in [-0.4, -0.2) is 51.4 Å². The number of esters is 1. The van der Waals surface area contributed by atoms with Gasteiger partial charge in [0.25, 0.3) is 15.9 Å². The number of likely N-dealkylation sites (tertiary alicyclic amines) is 1. The van der Waals surface area contributed by atoms with Crippen LogP contribution in [0.1, 0.15) is 42.1 Å². The van der Waals surface area contributed by atoms with Gasteiger partial charge in [-0.2, -0.15) is 0 Å². The zero-order valence-electron chi connectivity index (χ0n) is 18.1. The minimum Gasteiger partial charge on any atom is -0.452 e. The highest BCUT2D eigenvalue weighted by atomic mass is 32.2. The number of nitrogens with zero attached hydrogens (tertiary/aromatic N) is 2. The van der Waals surface area contributed by atoms with E-state index in [1.54, 1.807) is 17.0 Å². The number of piperidine rings is 1. The summed E-state index contributed by atoms with van der Waals surface area (Å²) in [7, 11) is -2.40. The summed E-state index contributed by atoms with van der Waals surface area (Å²) in [4.78, 5) is 26.6. The molecule has 0 saturated carbocycles. The maximum atomic E-state index is 13.0. The zero-order chi connectivity index (χ0) is 22.6. The van der Waals surface area contributed by atoms with Crippen molar-refractivity contribution in [1.82, 2.24) is 4.90 Å². The van der Waals surface area contributed by atoms with Gasteiger partial charge in [0.15, 0.2) is 6.61 Å². The molecule has 2 aromatic carbocycles. The average Bonchev–Trinajstić information content (AvgIpc) is 2.77. The molecule has 0 spiro atoms. The summed E-state index contributed by atoms with van der Waals surface area (Å²) < 4.78 is 32.4. The van der Waals surface area contributed by atoms with Crippen molar-refractivity contribution < 1.29 is 22.7 Å². The Bertz CT molecular complexity index is 1050. The van der Waals surface area contributed by atoms with Crippen molar-refractivity contribution in [2.24, 2.45) is 0 Å². The number of rotatable bonds is 6. The molecule has 8 heteroatoms. The third-order valence-electron chi connectivity index (χ3n) is 5.58. The fourth-order valence-corrected chi connectivity index (χ4v) is 4.84. The zero-order valence-corrected chi connectivity index (χ0v) is 18.9. The van der Waals surface area contributed by atoms with E-state index in [0.717, 1.165) is 29.1 Å². The second-order valence-corrected chi connectivity index (χ2v) is 9.81. The highest BCUT2D eigenvalue weighted by molar-refractivity contribution is 7.92. The van der Waals surface area contributed by atoms with Gasteiger partial charge in [0, 0.05) is 19.6 Å². The second kappa shape index (κ2) is 9.51. The number of benzene rings is 2. The summed E-state index contributed by atoms with van der Waals surface area (Å²) in [6.45, 7) is 4.21. The second-order valence-electron chi connectivity index (χ2n) is 7.84. The third-order valence-corrected chi connectivity index (χ3v) is 7.36. The molecule has 3 rings (SSSR count). The maximum absolute atomic E-state index is 13.0. The van der Waals surface area contributed by atoms with E-state index >= 15 is 0 Å². The molecule has 0 bridgehead atoms. The van der Waals surface area contributed by atoms with Crippen molar-refractivity contribution >= 4 is 27.6 Å². The van der Waals surface area contributed by atoms with Crippen LogP contribution >= 0.6 is 0 Å². The van der Waals surface area contributed by atoms with E-state index < -0.39 is 16.0 Å². The molecule has 31 heavy (non-hydrogen) atoms. The van der Waals surface area contributed by atoms with Gasteiger partial charge in [-0.15, -0.1) is 0 Å². The Morgan fingerprint density at radius 3 is 2.52 bits per heavy atom. The molecule has 1 aliphatic heterocycles. The molecule has 0 radical (unpaired) electrons. The number of hydrogen-bond acceptors (Lipinski definition) is 5. The summed E-state index contributed by atoms with van der Waals surface area (Å²) in [5.74, 6) is -0.962. The molecule has 1 saturated heterocycles. The molecular formula is C23H28N2O5S. The summed E-state index contributed by atoms with van der Waals surface area (Å²) in [6.07, 6.45) is 2.97. The molecule has 7 nitrogen and oxygen atoms in total. The quantitative estimate of drug-likeness (QED) is 0.638. The van der Waals surface area contributed by atoms with Crippen molar-refractivity contribution in [3.05, 3.63) is 59.7 Å². The van der Waals surface area contributed by atoms with Gasteiger partial charge in [-0.3, -0.25) is 9.10 Å². The van der Waals surface area contributed by atoms with Crippen molar-refractivity contribution in [2.75, 3.05) is 24.5 Å². The first kappa shape index (κ1) is 22.8. The third kappa shape index (κ3) is 5.25. The lowest BCUT2D eigenvalue weighted by Gasteiger charge is -2.33. The summed E-state index contributed by atoms with van der Waals surface area (Å²) in [6, 6.07) is 12.9. The van der Waals surface area contributed by atoms with Crippen molar-refractivity contribution in [2.45, 2.75) is 44.0 Å². The van der Waals surface area contributed by atoms with Crippen LogP contribution in [0.15, 0.2) is 53.4 Å². The average molecular weight is 445 g/mol. The highest BCUT2D eigenvalue weighted by Gasteiger charge is 2.25. The minimum atomic E-state index is -3.87. The number of hydrogen-bond donors (Lipinski definition) is 0. The van der Waals surface area contributed by atoms with Crippen LogP contribution in [0.2, 0.25) is 0 Å². The number of sulfonamides is 1. The van der Waals surface area contributed by atoms with Crippen LogP contribution in [0.4, 0.5) is 5.69 Å². The summed E-state index contributed by atoms with van der Waals surface area (Å²) in [5, 5.41) is 0. The largest absolute Gasteiger partial charge is 0.452 e. The molecule has 1 atom stereocenters. The van der Waals surface area contributed by atoms with Gasteiger partial charge in [-0.25, -0.2) is 13.2 Å². The van der Waals surface area contributed by atoms with Gasteiger partial charge in [0.05, 0.1) is 16.1 Å². The first-order chi connectivity index (χ1) is 14.7. The minimum absolute atomic E-state index is 0.0268. The Kier molecular flexibility index (Phi) is 7.00. The number of carbonyl (C=O) groups excluding carboxylic acids is 2. The number of ether oxygens (including phenoxy) is 1. The Balaban J connectivity index is 1.70. The van der Waals surface area contributed by atoms with E-state index in [0.29, 0.717) is 12.2 Å². The predicted molar refractivity (Wildman–Crippen MR) is 119 cm³/mol. The predicted octanol–water partition coefficient (Wildman–Crippen LogP) is 3.38. The van der Waals surface area contributed by atoms with E-state index in [-0.39, 0.29) is 29.0 Å². The Morgan fingerprint density at radius 2 is 1.84 bits per heavy atom. The molecule has 1 unspecified atom stereocenters. The maximum Gasteiger partial charge on any atom is 0.338 e. The molecule has 1 aliphatic rings. The first-order valence-electron chi connectivity index (χ1n) is 10.3. The van der Waals surface area contributed by atoms with Gasteiger partial charge in [-0.05, 0) is 63.4 Å². The smallest absolute Gasteiger partial charge is 0.338 e. The lowest BCUT2D eigenvalue weighted by atomic mass is 10.0. The molecule has 0 aromatic heterocycles. The number of carbonyl (C=O) groups is 2. The number of amides is 1. The van der Waals surface area contributed by atoms with E-state index in [1.165, 1.54) is 31.3 Å². The Morgan fingerprint density at radius 1 is 1.13 bits per heavy atom. The van der Waals surface area contributed by atoms with Crippen LogP contribution in [0.25, 0.3) is 0 Å². The SMILES string of the molecule is Cc1ccc(N(C)S(=O)(=O)c2cccc(C(=O)OCC(=O)N3CCCCC3C)c2)cc1. The Labute approximate surface area is 183 Å². The lowest BCUT2D eigenvalue weighted by Crippen LogP contribution is -2.44. The van der Waals surface area contributed by atoms with Crippen molar-refractivity contribution in [3.8, 4) is 0 Å². The molecule has 1 amide bonds. The molecule has 166 valence electrons. The molecule has 1 fully saturated rings. The normalized spacial score (nSPS) is 16.6. The monoisotopic (exact) mass is 444 g/mol. The highest BCUT2D eigenvalue weighted by Crippen LogP contribution is 2.23. The number of anilines is 1. The fraction of sp³-hybridized carbons (Fsp3) is 0.391. The van der Waals surface area contributed by atoms with Crippen molar-refractivity contribution in [3.63, 3.8) is 0 Å².